The number of aromatic nitrogens is 1. The maximum Gasteiger partial charge on any atom is 0.251 e. The van der Waals surface area contributed by atoms with Gasteiger partial charge in [0.05, 0.1) is 11.7 Å². The van der Waals surface area contributed by atoms with E-state index in [0.717, 1.165) is 23.5 Å². The molecule has 34 heavy (non-hydrogen) atoms. The van der Waals surface area contributed by atoms with E-state index >= 15 is 0 Å². The molecule has 1 aromatic heterocycles. The van der Waals surface area contributed by atoms with E-state index in [4.69, 9.17) is 5.73 Å². The fraction of sp³-hybridized carbons (Fsp3) is 0.261. The summed E-state index contributed by atoms with van der Waals surface area (Å²) in [7, 11) is 1.91. The topological polar surface area (TPSA) is 121 Å². The summed E-state index contributed by atoms with van der Waals surface area (Å²) < 4.78 is 27.9. The summed E-state index contributed by atoms with van der Waals surface area (Å²) >= 11 is 0.873. The number of amides is 1. The zero-order valence-corrected chi connectivity index (χ0v) is 19.0. The molecule has 2 aromatic carbocycles. The Morgan fingerprint density at radius 1 is 1.21 bits per heavy atom. The third-order valence-electron chi connectivity index (χ3n) is 5.61. The van der Waals surface area contributed by atoms with Crippen LogP contribution < -0.4 is 16.4 Å². The Balaban J connectivity index is 1.40. The van der Waals surface area contributed by atoms with Gasteiger partial charge >= 0.3 is 0 Å². The first-order chi connectivity index (χ1) is 16.2. The molecule has 8 nitrogen and oxygen atoms in total. The zero-order valence-electron chi connectivity index (χ0n) is 18.2. The van der Waals surface area contributed by atoms with Gasteiger partial charge in [-0.15, -0.1) is 0 Å². The number of ketones is 1. The van der Waals surface area contributed by atoms with Gasteiger partial charge in [0.1, 0.15) is 22.3 Å². The Morgan fingerprint density at radius 3 is 2.50 bits per heavy atom. The third kappa shape index (κ3) is 5.06. The summed E-state index contributed by atoms with van der Waals surface area (Å²) in [5, 5.41) is 15.8. The Kier molecular flexibility index (Phi) is 6.87. The average molecular weight is 488 g/mol. The minimum atomic E-state index is -0.975. The summed E-state index contributed by atoms with van der Waals surface area (Å²) in [5.41, 5.74) is 6.18. The number of thiazole rings is 1. The molecule has 0 aliphatic carbocycles. The first-order valence-corrected chi connectivity index (χ1v) is 11.3. The molecule has 1 aliphatic heterocycles. The number of aliphatic hydroxyl groups excluding tert-OH is 1. The molecule has 0 spiro atoms. The van der Waals surface area contributed by atoms with E-state index in [2.05, 4.69) is 15.6 Å². The molecule has 1 fully saturated rings. The van der Waals surface area contributed by atoms with Gasteiger partial charge < -0.3 is 21.5 Å². The largest absolute Gasteiger partial charge is 0.392 e. The molecule has 0 unspecified atom stereocenters. The lowest BCUT2D eigenvalue weighted by molar-refractivity contribution is 0.0942. The number of halogens is 2. The monoisotopic (exact) mass is 487 g/mol. The number of nitrogens with one attached hydrogen (secondary N) is 2. The van der Waals surface area contributed by atoms with Crippen LogP contribution in [0.15, 0.2) is 42.5 Å². The van der Waals surface area contributed by atoms with Crippen LogP contribution in [0.1, 0.15) is 32.0 Å². The van der Waals surface area contributed by atoms with Gasteiger partial charge in [-0.05, 0) is 49.9 Å². The van der Waals surface area contributed by atoms with Crippen molar-refractivity contribution in [3.05, 3.63) is 70.1 Å². The van der Waals surface area contributed by atoms with Gasteiger partial charge in [-0.2, -0.15) is 0 Å². The quantitative estimate of drug-likeness (QED) is 0.378. The number of aliphatic hydroxyl groups is 1. The van der Waals surface area contributed by atoms with Crippen LogP contribution in [0.4, 0.5) is 25.4 Å². The van der Waals surface area contributed by atoms with Crippen LogP contribution in [0.5, 0.6) is 0 Å². The molecule has 5 N–H and O–H groups in total. The number of hydrogen-bond acceptors (Lipinski definition) is 8. The molecule has 2 atom stereocenters. The fourth-order valence-electron chi connectivity index (χ4n) is 3.81. The molecule has 0 bridgehead atoms. The first-order valence-electron chi connectivity index (χ1n) is 10.5. The van der Waals surface area contributed by atoms with Gasteiger partial charge in [0, 0.05) is 30.4 Å². The van der Waals surface area contributed by atoms with E-state index in [1.807, 2.05) is 11.9 Å². The number of benzene rings is 2. The minimum Gasteiger partial charge on any atom is -0.392 e. The number of β-amino-alcohol motifs (C(OH)–C–C–N with tert-alkyl or cyclic N) is 1. The lowest BCUT2D eigenvalue weighted by atomic mass is 10.1. The number of anilines is 3. The van der Waals surface area contributed by atoms with Crippen molar-refractivity contribution in [2.24, 2.45) is 0 Å². The van der Waals surface area contributed by atoms with Crippen molar-refractivity contribution in [1.82, 2.24) is 15.2 Å². The maximum absolute atomic E-state index is 14.0. The van der Waals surface area contributed by atoms with Crippen molar-refractivity contribution in [1.29, 1.82) is 0 Å². The highest BCUT2D eigenvalue weighted by molar-refractivity contribution is 7.18. The number of nitrogens with two attached hydrogens (primary N) is 1. The standard InChI is InChI=1S/C23H23F2N5O3S/c1-30-11-15(31)9-14(30)10-27-22(33)12-5-7-13(8-6-12)28-23-29-21(26)20(34-23)19(32)18-16(24)3-2-4-17(18)25/h2-8,14-15,31H,9-11,26H2,1H3,(H,27,33)(H,28,29)/t14-,15+/m0/s1. The highest BCUT2D eigenvalue weighted by atomic mass is 32.1. The van der Waals surface area contributed by atoms with E-state index < -0.39 is 23.0 Å². The smallest absolute Gasteiger partial charge is 0.251 e. The number of likely N-dealkylation sites (tertiary alicyclic amines) is 1. The molecule has 2 heterocycles. The summed E-state index contributed by atoms with van der Waals surface area (Å²) in [6.45, 7) is 1.02. The number of carbonyl (C=O) groups is 2. The Hall–Kier alpha value is -3.41. The first kappa shape index (κ1) is 23.7. The molecule has 0 saturated carbocycles. The number of nitrogens with zero attached hydrogens (tertiary/aromatic N) is 2. The summed E-state index contributed by atoms with van der Waals surface area (Å²) in [6.07, 6.45) is 0.240. The van der Waals surface area contributed by atoms with Gasteiger partial charge in [-0.25, -0.2) is 13.8 Å². The van der Waals surface area contributed by atoms with E-state index in [-0.39, 0.29) is 33.9 Å². The second kappa shape index (κ2) is 9.84. The molecule has 3 aromatic rings. The van der Waals surface area contributed by atoms with Crippen LogP contribution in [0, 0.1) is 11.6 Å². The van der Waals surface area contributed by atoms with Gasteiger partial charge in [0.15, 0.2) is 5.13 Å². The van der Waals surface area contributed by atoms with E-state index in [1.54, 1.807) is 24.3 Å². The Labute approximate surface area is 198 Å². The predicted octanol–water partition coefficient (Wildman–Crippen LogP) is 2.77. The minimum absolute atomic E-state index is 0.0792. The molecule has 1 amide bonds. The number of nitrogen functional groups attached to an aromatic ring is 1. The van der Waals surface area contributed by atoms with Crippen LogP contribution in [0.2, 0.25) is 0 Å². The van der Waals surface area contributed by atoms with Gasteiger partial charge in [-0.1, -0.05) is 17.4 Å². The lowest BCUT2D eigenvalue weighted by Crippen LogP contribution is -2.38. The van der Waals surface area contributed by atoms with Crippen molar-refractivity contribution in [2.45, 2.75) is 18.6 Å². The van der Waals surface area contributed by atoms with Crippen LogP contribution >= 0.6 is 11.3 Å². The normalized spacial score (nSPS) is 18.1. The van der Waals surface area contributed by atoms with Crippen molar-refractivity contribution < 1.29 is 23.5 Å². The lowest BCUT2D eigenvalue weighted by Gasteiger charge is -2.19. The fourth-order valence-corrected chi connectivity index (χ4v) is 4.66. The molecule has 0 radical (unpaired) electrons. The highest BCUT2D eigenvalue weighted by Gasteiger charge is 2.28. The van der Waals surface area contributed by atoms with Crippen LogP contribution in [0.25, 0.3) is 0 Å². The third-order valence-corrected chi connectivity index (χ3v) is 6.60. The highest BCUT2D eigenvalue weighted by Crippen LogP contribution is 2.31. The second-order valence-corrected chi connectivity index (χ2v) is 9.05. The second-order valence-electron chi connectivity index (χ2n) is 8.05. The molecule has 11 heteroatoms. The van der Waals surface area contributed by atoms with E-state index in [9.17, 15) is 23.5 Å². The molecular weight excluding hydrogens is 464 g/mol. The predicted molar refractivity (Wildman–Crippen MR) is 125 cm³/mol. The van der Waals surface area contributed by atoms with Crippen molar-refractivity contribution >= 4 is 39.7 Å². The van der Waals surface area contributed by atoms with Crippen molar-refractivity contribution in [3.8, 4) is 0 Å². The molecular formula is C23H23F2N5O3S. The van der Waals surface area contributed by atoms with Crippen LogP contribution in [-0.4, -0.2) is 59.0 Å². The Morgan fingerprint density at radius 2 is 1.88 bits per heavy atom. The zero-order chi connectivity index (χ0) is 24.4. The van der Waals surface area contributed by atoms with Crippen molar-refractivity contribution in [2.75, 3.05) is 31.2 Å². The molecule has 4 rings (SSSR count). The average Bonchev–Trinajstić information content (AvgIpc) is 3.32. The molecule has 1 saturated heterocycles. The molecule has 1 aliphatic rings. The van der Waals surface area contributed by atoms with Gasteiger partial charge in [0.2, 0.25) is 5.78 Å². The number of hydrogen-bond donors (Lipinski definition) is 4. The number of likely N-dealkylation sites (N-methyl/N-ethyl adjacent to an activating group) is 1. The Bertz CT molecular complexity index is 1200. The number of carbonyl (C=O) groups excluding carboxylic acids is 2. The van der Waals surface area contributed by atoms with Crippen LogP contribution in [-0.2, 0) is 0 Å². The summed E-state index contributed by atoms with van der Waals surface area (Å²) in [4.78, 5) is 31.0. The van der Waals surface area contributed by atoms with Crippen LogP contribution in [0.3, 0.4) is 0 Å². The van der Waals surface area contributed by atoms with Gasteiger partial charge in [0.25, 0.3) is 5.91 Å². The maximum atomic E-state index is 14.0. The summed E-state index contributed by atoms with van der Waals surface area (Å²) in [6, 6.07) is 9.84. The van der Waals surface area contributed by atoms with E-state index in [1.165, 1.54) is 6.07 Å². The summed E-state index contributed by atoms with van der Waals surface area (Å²) in [5.74, 6) is -3.21. The van der Waals surface area contributed by atoms with Crippen molar-refractivity contribution in [3.63, 3.8) is 0 Å². The molecule has 178 valence electrons. The van der Waals surface area contributed by atoms with E-state index in [0.29, 0.717) is 30.8 Å². The SMILES string of the molecule is CN1C[C@H](O)C[C@H]1CNC(=O)c1ccc(Nc2nc(N)c(C(=O)c3c(F)cccc3F)s2)cc1. The van der Waals surface area contributed by atoms with Gasteiger partial charge in [-0.3, -0.25) is 14.5 Å². The number of rotatable bonds is 7.